The zero-order valence-corrected chi connectivity index (χ0v) is 13.6. The van der Waals surface area contributed by atoms with Crippen molar-refractivity contribution < 1.29 is 0 Å². The number of unbranched alkanes of at least 4 members (excludes halogenated alkanes) is 1. The first-order valence-electron chi connectivity index (χ1n) is 8.13. The first kappa shape index (κ1) is 16.9. The zero-order chi connectivity index (χ0) is 14.1. The van der Waals surface area contributed by atoms with Crippen molar-refractivity contribution in [1.82, 2.24) is 15.5 Å². The maximum Gasteiger partial charge on any atom is 0.0107 e. The largest absolute Gasteiger partial charge is 0.316 e. The topological polar surface area (TPSA) is 27.3 Å². The number of nitrogens with one attached hydrogen (secondary N) is 2. The van der Waals surface area contributed by atoms with Crippen LogP contribution in [0.2, 0.25) is 0 Å². The Bertz CT molecular complexity index is 220. The summed E-state index contributed by atoms with van der Waals surface area (Å²) in [5.41, 5.74) is 0.437. The molecule has 2 N–H and O–H groups in total. The summed E-state index contributed by atoms with van der Waals surface area (Å²) in [4.78, 5) is 2.58. The molecule has 1 rings (SSSR count). The van der Waals surface area contributed by atoms with E-state index in [1.807, 2.05) is 0 Å². The number of hydrogen-bond acceptors (Lipinski definition) is 3. The molecule has 0 aromatic carbocycles. The van der Waals surface area contributed by atoms with E-state index < -0.39 is 0 Å². The molecule has 0 amide bonds. The minimum Gasteiger partial charge on any atom is -0.316 e. The Hall–Kier alpha value is -0.120. The smallest absolute Gasteiger partial charge is 0.0107 e. The molecule has 1 fully saturated rings. The summed E-state index contributed by atoms with van der Waals surface area (Å²) in [6.07, 6.45) is 3.94. The fraction of sp³-hybridized carbons (Fsp3) is 1.00. The van der Waals surface area contributed by atoms with E-state index in [1.54, 1.807) is 0 Å². The second-order valence-electron chi connectivity index (χ2n) is 7.24. The lowest BCUT2D eigenvalue weighted by atomic mass is 9.84. The maximum absolute atomic E-state index is 3.64. The summed E-state index contributed by atoms with van der Waals surface area (Å²) >= 11 is 0. The van der Waals surface area contributed by atoms with Gasteiger partial charge in [0.2, 0.25) is 0 Å². The first-order chi connectivity index (χ1) is 8.99. The van der Waals surface area contributed by atoms with Crippen LogP contribution in [-0.4, -0.2) is 50.7 Å². The summed E-state index contributed by atoms with van der Waals surface area (Å²) in [5.74, 6) is 0.796. The highest BCUT2D eigenvalue weighted by atomic mass is 15.2. The molecule has 0 radical (unpaired) electrons. The summed E-state index contributed by atoms with van der Waals surface area (Å²) < 4.78 is 0. The van der Waals surface area contributed by atoms with Gasteiger partial charge in [-0.1, -0.05) is 27.7 Å². The highest BCUT2D eigenvalue weighted by molar-refractivity contribution is 4.73. The van der Waals surface area contributed by atoms with Crippen molar-refractivity contribution in [3.63, 3.8) is 0 Å². The van der Waals surface area contributed by atoms with E-state index in [2.05, 4.69) is 43.2 Å². The predicted octanol–water partition coefficient (Wildman–Crippen LogP) is 2.33. The molecular weight excluding hydrogens is 234 g/mol. The van der Waals surface area contributed by atoms with Crippen molar-refractivity contribution in [2.24, 2.45) is 11.3 Å². The Morgan fingerprint density at radius 2 is 1.84 bits per heavy atom. The first-order valence-corrected chi connectivity index (χ1v) is 8.13. The SMILES string of the molecule is CC(C)CC(C)(C)CNCCCCN1CCNCC1. The molecule has 0 bridgehead atoms. The lowest BCUT2D eigenvalue weighted by molar-refractivity contribution is 0.234. The van der Waals surface area contributed by atoms with Crippen LogP contribution in [0.5, 0.6) is 0 Å². The fourth-order valence-electron chi connectivity index (χ4n) is 3.12. The van der Waals surface area contributed by atoms with E-state index in [4.69, 9.17) is 0 Å². The number of nitrogens with zero attached hydrogens (tertiary/aromatic N) is 1. The zero-order valence-electron chi connectivity index (χ0n) is 13.6. The molecule has 0 aromatic rings. The number of rotatable bonds is 9. The predicted molar refractivity (Wildman–Crippen MR) is 84.6 cm³/mol. The van der Waals surface area contributed by atoms with E-state index in [0.29, 0.717) is 5.41 Å². The molecule has 1 heterocycles. The third-order valence-corrected chi connectivity index (χ3v) is 3.85. The molecule has 3 heteroatoms. The Morgan fingerprint density at radius 1 is 1.16 bits per heavy atom. The molecule has 1 aliphatic heterocycles. The molecule has 0 unspecified atom stereocenters. The second kappa shape index (κ2) is 8.93. The molecular formula is C16H35N3. The quantitative estimate of drug-likeness (QED) is 0.629. The molecule has 1 aliphatic rings. The molecule has 3 nitrogen and oxygen atoms in total. The Balaban J connectivity index is 1.95. The number of hydrogen-bond donors (Lipinski definition) is 2. The van der Waals surface area contributed by atoms with Crippen LogP contribution < -0.4 is 10.6 Å². The Morgan fingerprint density at radius 3 is 2.47 bits per heavy atom. The summed E-state index contributed by atoms with van der Waals surface area (Å²) in [5, 5.41) is 7.04. The van der Waals surface area contributed by atoms with Crippen LogP contribution in [0.4, 0.5) is 0 Å². The van der Waals surface area contributed by atoms with Crippen molar-refractivity contribution in [2.45, 2.75) is 47.0 Å². The molecule has 0 aliphatic carbocycles. The van der Waals surface area contributed by atoms with Gasteiger partial charge in [0.1, 0.15) is 0 Å². The fourth-order valence-corrected chi connectivity index (χ4v) is 3.12. The third kappa shape index (κ3) is 8.61. The van der Waals surface area contributed by atoms with E-state index >= 15 is 0 Å². The van der Waals surface area contributed by atoms with Crippen molar-refractivity contribution in [1.29, 1.82) is 0 Å². The van der Waals surface area contributed by atoms with Crippen LogP contribution in [0.3, 0.4) is 0 Å². The molecule has 114 valence electrons. The van der Waals surface area contributed by atoms with Crippen molar-refractivity contribution in [3.05, 3.63) is 0 Å². The second-order valence-corrected chi connectivity index (χ2v) is 7.24. The van der Waals surface area contributed by atoms with Gasteiger partial charge in [-0.25, -0.2) is 0 Å². The summed E-state index contributed by atoms with van der Waals surface area (Å²) in [6.45, 7) is 17.8. The van der Waals surface area contributed by atoms with E-state index in [9.17, 15) is 0 Å². The minimum absolute atomic E-state index is 0.437. The summed E-state index contributed by atoms with van der Waals surface area (Å²) in [6, 6.07) is 0. The van der Waals surface area contributed by atoms with Crippen molar-refractivity contribution in [3.8, 4) is 0 Å². The van der Waals surface area contributed by atoms with Gasteiger partial charge in [-0.2, -0.15) is 0 Å². The maximum atomic E-state index is 3.64. The average Bonchev–Trinajstić information content (AvgIpc) is 2.33. The van der Waals surface area contributed by atoms with Crippen LogP contribution in [0.1, 0.15) is 47.0 Å². The molecule has 19 heavy (non-hydrogen) atoms. The average molecular weight is 269 g/mol. The normalized spacial score (nSPS) is 18.2. The molecule has 0 atom stereocenters. The molecule has 0 saturated carbocycles. The Kier molecular flexibility index (Phi) is 7.96. The van der Waals surface area contributed by atoms with Gasteiger partial charge < -0.3 is 15.5 Å². The third-order valence-electron chi connectivity index (χ3n) is 3.85. The highest BCUT2D eigenvalue weighted by Gasteiger charge is 2.18. The van der Waals surface area contributed by atoms with E-state index in [-0.39, 0.29) is 0 Å². The van der Waals surface area contributed by atoms with Crippen LogP contribution >= 0.6 is 0 Å². The van der Waals surface area contributed by atoms with E-state index in [1.165, 1.54) is 58.5 Å². The molecule has 0 spiro atoms. The highest BCUT2D eigenvalue weighted by Crippen LogP contribution is 2.23. The summed E-state index contributed by atoms with van der Waals surface area (Å²) in [7, 11) is 0. The monoisotopic (exact) mass is 269 g/mol. The van der Waals surface area contributed by atoms with Crippen molar-refractivity contribution >= 4 is 0 Å². The Labute approximate surface area is 120 Å². The van der Waals surface area contributed by atoms with Gasteiger partial charge in [0, 0.05) is 32.7 Å². The van der Waals surface area contributed by atoms with E-state index in [0.717, 1.165) is 12.5 Å². The molecule has 0 aromatic heterocycles. The standard InChI is InChI=1S/C16H35N3/c1-15(2)13-16(3,4)14-18-7-5-6-10-19-11-8-17-9-12-19/h15,17-18H,5-14H2,1-4H3. The number of piperazine rings is 1. The minimum atomic E-state index is 0.437. The van der Waals surface area contributed by atoms with Crippen molar-refractivity contribution in [2.75, 3.05) is 45.8 Å². The van der Waals surface area contributed by atoms with Gasteiger partial charge in [0.05, 0.1) is 0 Å². The van der Waals surface area contributed by atoms with Crippen LogP contribution in [0.25, 0.3) is 0 Å². The van der Waals surface area contributed by atoms with Gasteiger partial charge in [0.15, 0.2) is 0 Å². The molecule has 1 saturated heterocycles. The van der Waals surface area contributed by atoms with Crippen LogP contribution in [0, 0.1) is 11.3 Å². The van der Waals surface area contributed by atoms with Crippen LogP contribution in [0.15, 0.2) is 0 Å². The van der Waals surface area contributed by atoms with Crippen LogP contribution in [-0.2, 0) is 0 Å². The van der Waals surface area contributed by atoms with Gasteiger partial charge in [-0.15, -0.1) is 0 Å². The van der Waals surface area contributed by atoms with Gasteiger partial charge in [-0.05, 0) is 43.7 Å². The lowest BCUT2D eigenvalue weighted by Gasteiger charge is -2.28. The van der Waals surface area contributed by atoms with Gasteiger partial charge in [0.25, 0.3) is 0 Å². The van der Waals surface area contributed by atoms with Gasteiger partial charge >= 0.3 is 0 Å². The lowest BCUT2D eigenvalue weighted by Crippen LogP contribution is -2.43. The van der Waals surface area contributed by atoms with Gasteiger partial charge in [-0.3, -0.25) is 0 Å².